The first-order chi connectivity index (χ1) is 9.75. The fraction of sp³-hybridized carbons (Fsp3) is 0.500. The van der Waals surface area contributed by atoms with E-state index in [-0.39, 0.29) is 11.6 Å². The first-order valence-corrected chi connectivity index (χ1v) is 7.49. The highest BCUT2D eigenvalue weighted by atomic mass is 16.1. The molecule has 1 atom stereocenters. The third-order valence-corrected chi connectivity index (χ3v) is 4.22. The topological polar surface area (TPSA) is 49.0 Å². The van der Waals surface area contributed by atoms with Crippen LogP contribution < -0.4 is 5.56 Å². The van der Waals surface area contributed by atoms with Crippen LogP contribution in [0.4, 0.5) is 0 Å². The van der Waals surface area contributed by atoms with E-state index in [1.54, 1.807) is 0 Å². The number of aromatic amines is 1. The molecule has 0 amide bonds. The Morgan fingerprint density at radius 2 is 1.85 bits per heavy atom. The van der Waals surface area contributed by atoms with Gasteiger partial charge >= 0.3 is 0 Å². The van der Waals surface area contributed by atoms with Gasteiger partial charge in [-0.1, -0.05) is 25.0 Å². The number of benzene rings is 1. The van der Waals surface area contributed by atoms with Gasteiger partial charge in [-0.05, 0) is 45.0 Å². The van der Waals surface area contributed by atoms with Crippen LogP contribution in [0, 0.1) is 0 Å². The molecule has 1 fully saturated rings. The summed E-state index contributed by atoms with van der Waals surface area (Å²) < 4.78 is 0. The average molecular weight is 271 g/mol. The van der Waals surface area contributed by atoms with Gasteiger partial charge in [0.2, 0.25) is 0 Å². The van der Waals surface area contributed by atoms with Crippen molar-refractivity contribution in [1.29, 1.82) is 0 Å². The Labute approximate surface area is 118 Å². The number of likely N-dealkylation sites (tertiary alicyclic amines) is 1. The Morgan fingerprint density at radius 1 is 1.15 bits per heavy atom. The molecule has 0 spiro atoms. The molecule has 2 aromatic rings. The monoisotopic (exact) mass is 271 g/mol. The van der Waals surface area contributed by atoms with Gasteiger partial charge in [-0.2, -0.15) is 0 Å². The SMILES string of the molecule is C[C@@H](c1nc2ccccc2c(=O)[nH]1)N1CCCCCC1. The minimum atomic E-state index is -0.0349. The molecular weight excluding hydrogens is 250 g/mol. The summed E-state index contributed by atoms with van der Waals surface area (Å²) in [5.74, 6) is 0.788. The molecular formula is C16H21N3O. The standard InChI is InChI=1S/C16H21N3O/c1-12(19-10-6-2-3-7-11-19)15-17-14-9-5-4-8-13(14)16(20)18-15/h4-5,8-9,12H,2-3,6-7,10-11H2,1H3,(H,17,18,20)/t12-/m0/s1. The molecule has 2 heterocycles. The van der Waals surface area contributed by atoms with E-state index < -0.39 is 0 Å². The van der Waals surface area contributed by atoms with Gasteiger partial charge < -0.3 is 4.98 Å². The van der Waals surface area contributed by atoms with E-state index in [9.17, 15) is 4.79 Å². The van der Waals surface area contributed by atoms with Crippen molar-refractivity contribution >= 4 is 10.9 Å². The quantitative estimate of drug-likeness (QED) is 0.913. The summed E-state index contributed by atoms with van der Waals surface area (Å²) in [5, 5.41) is 0.666. The molecule has 106 valence electrons. The molecule has 0 saturated carbocycles. The number of para-hydroxylation sites is 1. The van der Waals surface area contributed by atoms with Crippen molar-refractivity contribution in [3.63, 3.8) is 0 Å². The molecule has 4 heteroatoms. The Bertz CT molecular complexity index is 641. The van der Waals surface area contributed by atoms with Gasteiger partial charge in [-0.25, -0.2) is 4.98 Å². The maximum absolute atomic E-state index is 12.1. The van der Waals surface area contributed by atoms with Crippen LogP contribution in [0.2, 0.25) is 0 Å². The summed E-state index contributed by atoms with van der Waals surface area (Å²) in [6.45, 7) is 4.33. The maximum atomic E-state index is 12.1. The zero-order valence-electron chi connectivity index (χ0n) is 11.9. The molecule has 1 aromatic carbocycles. The number of hydrogen-bond donors (Lipinski definition) is 1. The number of hydrogen-bond acceptors (Lipinski definition) is 3. The van der Waals surface area contributed by atoms with Crippen LogP contribution in [0.5, 0.6) is 0 Å². The molecule has 0 unspecified atom stereocenters. The van der Waals surface area contributed by atoms with E-state index >= 15 is 0 Å². The van der Waals surface area contributed by atoms with Crippen LogP contribution in [0.1, 0.15) is 44.5 Å². The number of nitrogens with one attached hydrogen (secondary N) is 1. The lowest BCUT2D eigenvalue weighted by molar-refractivity contribution is 0.211. The summed E-state index contributed by atoms with van der Waals surface area (Å²) in [7, 11) is 0. The zero-order valence-corrected chi connectivity index (χ0v) is 11.9. The second-order valence-corrected chi connectivity index (χ2v) is 5.59. The summed E-state index contributed by atoms with van der Waals surface area (Å²) in [6.07, 6.45) is 5.10. The van der Waals surface area contributed by atoms with Crippen molar-refractivity contribution in [2.45, 2.75) is 38.6 Å². The molecule has 0 bridgehead atoms. The molecule has 0 aliphatic carbocycles. The minimum absolute atomic E-state index is 0.0349. The van der Waals surface area contributed by atoms with Crippen molar-refractivity contribution in [3.8, 4) is 0 Å². The molecule has 1 aromatic heterocycles. The molecule has 1 aliphatic heterocycles. The van der Waals surface area contributed by atoms with Crippen molar-refractivity contribution < 1.29 is 0 Å². The van der Waals surface area contributed by atoms with Crippen molar-refractivity contribution in [2.24, 2.45) is 0 Å². The van der Waals surface area contributed by atoms with E-state index in [1.807, 2.05) is 24.3 Å². The van der Waals surface area contributed by atoms with Crippen molar-refractivity contribution in [3.05, 3.63) is 40.4 Å². The van der Waals surface area contributed by atoms with Gasteiger partial charge in [-0.15, -0.1) is 0 Å². The van der Waals surface area contributed by atoms with E-state index in [2.05, 4.69) is 21.8 Å². The fourth-order valence-electron chi connectivity index (χ4n) is 2.96. The number of fused-ring (bicyclic) bond motifs is 1. The van der Waals surface area contributed by atoms with Crippen LogP contribution in [0.15, 0.2) is 29.1 Å². The highest BCUT2D eigenvalue weighted by Gasteiger charge is 2.19. The first kappa shape index (κ1) is 13.3. The van der Waals surface area contributed by atoms with Crippen LogP contribution in [0.25, 0.3) is 10.9 Å². The Balaban J connectivity index is 1.94. The Morgan fingerprint density at radius 3 is 2.60 bits per heavy atom. The van der Waals surface area contributed by atoms with E-state index in [0.29, 0.717) is 5.39 Å². The Hall–Kier alpha value is -1.68. The van der Waals surface area contributed by atoms with Crippen LogP contribution >= 0.6 is 0 Å². The average Bonchev–Trinajstić information content (AvgIpc) is 2.75. The number of rotatable bonds is 2. The van der Waals surface area contributed by atoms with Gasteiger partial charge in [0, 0.05) is 0 Å². The third-order valence-electron chi connectivity index (χ3n) is 4.22. The normalized spacial score (nSPS) is 18.9. The van der Waals surface area contributed by atoms with Gasteiger partial charge in [0.25, 0.3) is 5.56 Å². The van der Waals surface area contributed by atoms with Crippen LogP contribution in [0.3, 0.4) is 0 Å². The number of aromatic nitrogens is 2. The highest BCUT2D eigenvalue weighted by Crippen LogP contribution is 2.21. The maximum Gasteiger partial charge on any atom is 0.258 e. The van der Waals surface area contributed by atoms with Crippen LogP contribution in [-0.4, -0.2) is 28.0 Å². The van der Waals surface area contributed by atoms with E-state index in [1.165, 1.54) is 25.7 Å². The third kappa shape index (κ3) is 2.61. The van der Waals surface area contributed by atoms with Crippen molar-refractivity contribution in [2.75, 3.05) is 13.1 Å². The van der Waals surface area contributed by atoms with Gasteiger partial charge in [0.1, 0.15) is 5.82 Å². The molecule has 0 radical (unpaired) electrons. The number of nitrogens with zero attached hydrogens (tertiary/aromatic N) is 2. The minimum Gasteiger partial charge on any atom is -0.309 e. The zero-order chi connectivity index (χ0) is 13.9. The largest absolute Gasteiger partial charge is 0.309 e. The molecule has 4 nitrogen and oxygen atoms in total. The molecule has 1 N–H and O–H groups in total. The lowest BCUT2D eigenvalue weighted by atomic mass is 10.2. The van der Waals surface area contributed by atoms with Gasteiger partial charge in [0.15, 0.2) is 0 Å². The molecule has 1 saturated heterocycles. The second-order valence-electron chi connectivity index (χ2n) is 5.59. The Kier molecular flexibility index (Phi) is 3.83. The lowest BCUT2D eigenvalue weighted by Gasteiger charge is -2.26. The molecule has 1 aliphatic rings. The van der Waals surface area contributed by atoms with E-state index in [0.717, 1.165) is 24.4 Å². The molecule has 20 heavy (non-hydrogen) atoms. The summed E-state index contributed by atoms with van der Waals surface area (Å²) in [4.78, 5) is 22.2. The molecule has 3 rings (SSSR count). The first-order valence-electron chi connectivity index (χ1n) is 7.49. The number of H-pyrrole nitrogens is 1. The van der Waals surface area contributed by atoms with Gasteiger partial charge in [-0.3, -0.25) is 9.69 Å². The summed E-state index contributed by atoms with van der Waals surface area (Å²) >= 11 is 0. The van der Waals surface area contributed by atoms with Crippen LogP contribution in [-0.2, 0) is 0 Å². The predicted octanol–water partition coefficient (Wildman–Crippen LogP) is 2.86. The van der Waals surface area contributed by atoms with Crippen molar-refractivity contribution in [1.82, 2.24) is 14.9 Å². The fourth-order valence-corrected chi connectivity index (χ4v) is 2.96. The lowest BCUT2D eigenvalue weighted by Crippen LogP contribution is -2.30. The van der Waals surface area contributed by atoms with Gasteiger partial charge in [0.05, 0.1) is 16.9 Å². The second kappa shape index (κ2) is 5.75. The highest BCUT2D eigenvalue weighted by molar-refractivity contribution is 5.77. The summed E-state index contributed by atoms with van der Waals surface area (Å²) in [5.41, 5.74) is 0.750. The van der Waals surface area contributed by atoms with E-state index in [4.69, 9.17) is 0 Å². The predicted molar refractivity (Wildman–Crippen MR) is 80.8 cm³/mol. The smallest absolute Gasteiger partial charge is 0.258 e. The summed E-state index contributed by atoms with van der Waals surface area (Å²) in [6, 6.07) is 7.70.